The molecule has 0 aliphatic heterocycles. The van der Waals surface area contributed by atoms with Gasteiger partial charge < -0.3 is 5.32 Å². The van der Waals surface area contributed by atoms with Crippen LogP contribution < -0.4 is 5.32 Å². The average molecular weight is 304 g/mol. The van der Waals surface area contributed by atoms with Crippen LogP contribution in [0.25, 0.3) is 0 Å². The molecular formula is C14H20BrNO. The van der Waals surface area contributed by atoms with E-state index in [0.29, 0.717) is 4.47 Å². The zero-order chi connectivity index (χ0) is 18.2. The molecule has 0 radical (unpaired) electrons. The number of benzene rings is 1. The first-order valence-corrected chi connectivity index (χ1v) is 6.05. The summed E-state index contributed by atoms with van der Waals surface area (Å²) in [6.45, 7) is 0.499. The van der Waals surface area contributed by atoms with Crippen LogP contribution >= 0.6 is 15.9 Å². The van der Waals surface area contributed by atoms with Crippen molar-refractivity contribution < 1.29 is 13.0 Å². The third kappa shape index (κ3) is 4.50. The zero-order valence-electron chi connectivity index (χ0n) is 16.1. The van der Waals surface area contributed by atoms with Crippen molar-refractivity contribution >= 4 is 27.5 Å². The molecule has 1 N–H and O–H groups in total. The van der Waals surface area contributed by atoms with Crippen molar-refractivity contribution in [3.63, 3.8) is 0 Å². The van der Waals surface area contributed by atoms with Gasteiger partial charge in [-0.05, 0) is 42.4 Å². The monoisotopic (exact) mass is 303 g/mol. The lowest BCUT2D eigenvalue weighted by Gasteiger charge is -2.19. The molecular weight excluding hydrogens is 278 g/mol. The first kappa shape index (κ1) is 7.57. The van der Waals surface area contributed by atoms with Gasteiger partial charge in [0.1, 0.15) is 0 Å². The second-order valence-corrected chi connectivity index (χ2v) is 6.08. The van der Waals surface area contributed by atoms with Gasteiger partial charge in [-0.15, -0.1) is 0 Å². The fourth-order valence-electron chi connectivity index (χ4n) is 1.41. The number of amides is 1. The number of rotatable bonds is 2. The normalized spacial score (nSPS) is 18.1. The summed E-state index contributed by atoms with van der Waals surface area (Å²) in [5.74, 6) is -0.421. The molecule has 94 valence electrons. The Morgan fingerprint density at radius 3 is 2.29 bits per heavy atom. The Hall–Kier alpha value is -0.830. The minimum absolute atomic E-state index is 0.143. The Morgan fingerprint density at radius 1 is 1.35 bits per heavy atom. The topological polar surface area (TPSA) is 29.1 Å². The van der Waals surface area contributed by atoms with E-state index in [1.165, 1.54) is 12.1 Å². The van der Waals surface area contributed by atoms with Crippen LogP contribution in [0.3, 0.4) is 0 Å². The highest BCUT2D eigenvalue weighted by Gasteiger charge is 2.17. The molecule has 0 aliphatic rings. The smallest absolute Gasteiger partial charge is 0.224 e. The van der Waals surface area contributed by atoms with E-state index >= 15 is 0 Å². The van der Waals surface area contributed by atoms with Gasteiger partial charge in [-0.25, -0.2) is 0 Å². The predicted octanol–water partition coefficient (Wildman–Crippen LogP) is 4.44. The number of hydrogen-bond acceptors (Lipinski definition) is 1. The van der Waals surface area contributed by atoms with Crippen molar-refractivity contribution in [2.24, 2.45) is 5.41 Å². The molecule has 3 heteroatoms. The maximum atomic E-state index is 12.2. The van der Waals surface area contributed by atoms with Crippen molar-refractivity contribution in [3.05, 3.63) is 27.7 Å². The van der Waals surface area contributed by atoms with Crippen LogP contribution in [0.4, 0.5) is 5.69 Å². The van der Waals surface area contributed by atoms with Crippen LogP contribution in [-0.2, 0) is 4.79 Å². The molecule has 0 heterocycles. The van der Waals surface area contributed by atoms with Gasteiger partial charge in [0.05, 0.1) is 0 Å². The van der Waals surface area contributed by atoms with Gasteiger partial charge in [0.2, 0.25) is 5.91 Å². The summed E-state index contributed by atoms with van der Waals surface area (Å²) in [4.78, 5) is 12.2. The largest absolute Gasteiger partial charge is 0.326 e. The summed E-state index contributed by atoms with van der Waals surface area (Å²) in [5.41, 5.74) is -0.845. The number of halogens is 1. The molecule has 0 aliphatic carbocycles. The van der Waals surface area contributed by atoms with Crippen LogP contribution in [0.1, 0.15) is 46.5 Å². The van der Waals surface area contributed by atoms with Gasteiger partial charge in [0, 0.05) is 24.8 Å². The Bertz CT molecular complexity index is 566. The first-order chi connectivity index (χ1) is 10.1. The van der Waals surface area contributed by atoms with Crippen LogP contribution in [0.2, 0.25) is 0 Å². The SMILES string of the molecule is [2H]C([2H])([2H])c1cc(Br)cc(C([2H])([2H])[2H])c1NC(=O)CC(C)(C)C. The van der Waals surface area contributed by atoms with Gasteiger partial charge in [-0.2, -0.15) is 0 Å². The lowest BCUT2D eigenvalue weighted by atomic mass is 9.92. The standard InChI is InChI=1S/C14H20BrNO/c1-9-6-11(15)7-10(2)13(9)16-12(17)8-14(3,4)5/h6-7H,8H2,1-5H3,(H,16,17)/i1D3,2D3. The molecule has 0 saturated heterocycles. The van der Waals surface area contributed by atoms with E-state index in [1.807, 2.05) is 20.8 Å². The second-order valence-electron chi connectivity index (χ2n) is 5.16. The predicted molar refractivity (Wildman–Crippen MR) is 76.3 cm³/mol. The van der Waals surface area contributed by atoms with E-state index in [2.05, 4.69) is 21.2 Å². The summed E-state index contributed by atoms with van der Waals surface area (Å²) < 4.78 is 46.0. The van der Waals surface area contributed by atoms with Gasteiger partial charge >= 0.3 is 0 Å². The third-order valence-corrected chi connectivity index (χ3v) is 2.52. The van der Waals surface area contributed by atoms with E-state index in [1.54, 1.807) is 0 Å². The van der Waals surface area contributed by atoms with Gasteiger partial charge in [0.15, 0.2) is 0 Å². The molecule has 1 aromatic carbocycles. The number of carbonyl (C=O) groups excluding carboxylic acids is 1. The molecule has 1 aromatic rings. The highest BCUT2D eigenvalue weighted by atomic mass is 79.9. The van der Waals surface area contributed by atoms with E-state index in [-0.39, 0.29) is 28.7 Å². The summed E-state index contributed by atoms with van der Waals surface area (Å²) in [6, 6.07) is 2.63. The molecule has 0 unspecified atom stereocenters. The van der Waals surface area contributed by atoms with Gasteiger partial charge in [-0.3, -0.25) is 4.79 Å². The summed E-state index contributed by atoms with van der Waals surface area (Å²) >= 11 is 3.13. The van der Waals surface area contributed by atoms with E-state index in [9.17, 15) is 4.79 Å². The van der Waals surface area contributed by atoms with Crippen molar-refractivity contribution in [2.45, 2.75) is 40.9 Å². The Labute approximate surface area is 120 Å². The summed E-state index contributed by atoms with van der Waals surface area (Å²) in [6.07, 6.45) is 0.143. The highest BCUT2D eigenvalue weighted by molar-refractivity contribution is 9.10. The van der Waals surface area contributed by atoms with Crippen molar-refractivity contribution in [1.29, 1.82) is 0 Å². The van der Waals surface area contributed by atoms with Crippen LogP contribution in [0.15, 0.2) is 16.6 Å². The molecule has 0 bridgehead atoms. The third-order valence-electron chi connectivity index (χ3n) is 2.06. The number of anilines is 1. The number of aryl methyl sites for hydroxylation is 2. The van der Waals surface area contributed by atoms with Crippen molar-refractivity contribution in [3.8, 4) is 0 Å². The average Bonchev–Trinajstić information content (AvgIpc) is 2.25. The fourth-order valence-corrected chi connectivity index (χ4v) is 1.86. The van der Waals surface area contributed by atoms with E-state index in [4.69, 9.17) is 8.22 Å². The summed E-state index contributed by atoms with van der Waals surface area (Å²) in [7, 11) is 0. The van der Waals surface area contributed by atoms with Gasteiger partial charge in [-0.1, -0.05) is 36.7 Å². The molecule has 0 atom stereocenters. The zero-order valence-corrected chi connectivity index (χ0v) is 11.7. The van der Waals surface area contributed by atoms with E-state index in [0.717, 1.165) is 0 Å². The maximum Gasteiger partial charge on any atom is 0.224 e. The van der Waals surface area contributed by atoms with Crippen molar-refractivity contribution in [2.75, 3.05) is 5.32 Å². The molecule has 0 spiro atoms. The first-order valence-electron chi connectivity index (χ1n) is 8.25. The Morgan fingerprint density at radius 2 is 1.88 bits per heavy atom. The molecule has 0 fully saturated rings. The van der Waals surface area contributed by atoms with Crippen LogP contribution in [0.5, 0.6) is 0 Å². The quantitative estimate of drug-likeness (QED) is 0.860. The minimum Gasteiger partial charge on any atom is -0.326 e. The second kappa shape index (κ2) is 5.21. The Balaban J connectivity index is 3.45. The molecule has 1 rings (SSSR count). The van der Waals surface area contributed by atoms with Crippen LogP contribution in [0, 0.1) is 19.1 Å². The molecule has 0 saturated carbocycles. The molecule has 2 nitrogen and oxygen atoms in total. The number of carbonyl (C=O) groups is 1. The molecule has 17 heavy (non-hydrogen) atoms. The lowest BCUT2D eigenvalue weighted by Crippen LogP contribution is -2.20. The van der Waals surface area contributed by atoms with Crippen LogP contribution in [-0.4, -0.2) is 5.91 Å². The molecule has 1 amide bonds. The number of hydrogen-bond donors (Lipinski definition) is 1. The lowest BCUT2D eigenvalue weighted by molar-refractivity contribution is -0.117. The highest BCUT2D eigenvalue weighted by Crippen LogP contribution is 2.26. The van der Waals surface area contributed by atoms with Crippen molar-refractivity contribution in [1.82, 2.24) is 0 Å². The van der Waals surface area contributed by atoms with E-state index < -0.39 is 19.6 Å². The van der Waals surface area contributed by atoms with Gasteiger partial charge in [0.25, 0.3) is 0 Å². The maximum absolute atomic E-state index is 12.2. The minimum atomic E-state index is -2.55. The number of nitrogens with one attached hydrogen (secondary N) is 1. The Kier molecular flexibility index (Phi) is 2.32. The molecule has 0 aromatic heterocycles. The summed E-state index contributed by atoms with van der Waals surface area (Å²) in [5, 5.41) is 2.50. The fraction of sp³-hybridized carbons (Fsp3) is 0.500.